The van der Waals surface area contributed by atoms with Gasteiger partial charge in [0.15, 0.2) is 0 Å². The largest absolute Gasteiger partial charge is 0.465 e. The van der Waals surface area contributed by atoms with Crippen LogP contribution in [0.2, 0.25) is 0 Å². The van der Waals surface area contributed by atoms with Crippen molar-refractivity contribution < 1.29 is 14.3 Å². The topological polar surface area (TPSA) is 80.3 Å². The summed E-state index contributed by atoms with van der Waals surface area (Å²) in [5.74, 6) is -0.124. The van der Waals surface area contributed by atoms with Crippen LogP contribution in [0.15, 0.2) is 24.4 Å². The van der Waals surface area contributed by atoms with Gasteiger partial charge in [0, 0.05) is 6.20 Å². The molecule has 92 valence electrons. The Balaban J connectivity index is 2.20. The van der Waals surface area contributed by atoms with Crippen molar-refractivity contribution in [3.8, 4) is 0 Å². The number of esters is 1. The summed E-state index contributed by atoms with van der Waals surface area (Å²) in [6, 6.07) is 5.34. The standard InChI is InChI=1S/C11H15N3O3/c1-2-17-11(16)8-14-10(15)7-13-9-5-3-4-6-12-9/h3-6H,2,7-8H2,1H3,(H,12,13)(H,14,15). The number of hydrogen-bond acceptors (Lipinski definition) is 5. The smallest absolute Gasteiger partial charge is 0.325 e. The average molecular weight is 237 g/mol. The van der Waals surface area contributed by atoms with E-state index in [1.54, 1.807) is 25.3 Å². The number of carbonyl (C=O) groups is 2. The number of anilines is 1. The highest BCUT2D eigenvalue weighted by Crippen LogP contribution is 1.97. The van der Waals surface area contributed by atoms with E-state index in [1.807, 2.05) is 6.07 Å². The van der Waals surface area contributed by atoms with Crippen LogP contribution in [0.25, 0.3) is 0 Å². The molecule has 0 aliphatic carbocycles. The van der Waals surface area contributed by atoms with Gasteiger partial charge in [-0.25, -0.2) is 4.98 Å². The van der Waals surface area contributed by atoms with E-state index < -0.39 is 5.97 Å². The molecule has 1 aromatic heterocycles. The van der Waals surface area contributed by atoms with E-state index in [2.05, 4.69) is 20.4 Å². The highest BCUT2D eigenvalue weighted by Gasteiger charge is 2.05. The van der Waals surface area contributed by atoms with Crippen molar-refractivity contribution in [1.29, 1.82) is 0 Å². The Morgan fingerprint density at radius 1 is 1.35 bits per heavy atom. The molecule has 0 radical (unpaired) electrons. The molecule has 0 aliphatic rings. The Morgan fingerprint density at radius 2 is 2.18 bits per heavy atom. The van der Waals surface area contributed by atoms with Gasteiger partial charge in [0.2, 0.25) is 5.91 Å². The minimum atomic E-state index is -0.446. The molecule has 0 fully saturated rings. The molecular weight excluding hydrogens is 222 g/mol. The van der Waals surface area contributed by atoms with Crippen LogP contribution in [0.1, 0.15) is 6.92 Å². The zero-order chi connectivity index (χ0) is 12.5. The Kier molecular flexibility index (Phi) is 5.50. The Bertz CT molecular complexity index is 367. The van der Waals surface area contributed by atoms with E-state index in [0.29, 0.717) is 12.4 Å². The third-order valence-corrected chi connectivity index (χ3v) is 1.83. The van der Waals surface area contributed by atoms with Gasteiger partial charge in [-0.15, -0.1) is 0 Å². The van der Waals surface area contributed by atoms with Crippen molar-refractivity contribution in [1.82, 2.24) is 10.3 Å². The molecule has 0 atom stereocenters. The third-order valence-electron chi connectivity index (χ3n) is 1.83. The van der Waals surface area contributed by atoms with E-state index >= 15 is 0 Å². The highest BCUT2D eigenvalue weighted by atomic mass is 16.5. The lowest BCUT2D eigenvalue weighted by Gasteiger charge is -2.06. The van der Waals surface area contributed by atoms with E-state index in [-0.39, 0.29) is 19.0 Å². The molecule has 6 nitrogen and oxygen atoms in total. The lowest BCUT2D eigenvalue weighted by molar-refractivity contribution is -0.143. The monoisotopic (exact) mass is 237 g/mol. The van der Waals surface area contributed by atoms with Crippen molar-refractivity contribution in [3.63, 3.8) is 0 Å². The molecule has 2 N–H and O–H groups in total. The Labute approximate surface area is 99.4 Å². The van der Waals surface area contributed by atoms with E-state index in [1.165, 1.54) is 0 Å². The zero-order valence-corrected chi connectivity index (χ0v) is 9.60. The predicted octanol–water partition coefficient (Wildman–Crippen LogP) is 0.173. The quantitative estimate of drug-likeness (QED) is 0.689. The second-order valence-electron chi connectivity index (χ2n) is 3.15. The van der Waals surface area contributed by atoms with Crippen LogP contribution in [0, 0.1) is 0 Å². The molecule has 0 unspecified atom stereocenters. The Hall–Kier alpha value is -2.11. The fourth-order valence-electron chi connectivity index (χ4n) is 1.08. The maximum Gasteiger partial charge on any atom is 0.325 e. The SMILES string of the molecule is CCOC(=O)CNC(=O)CNc1ccccn1. The maximum atomic E-state index is 11.3. The molecular formula is C11H15N3O3. The summed E-state index contributed by atoms with van der Waals surface area (Å²) in [6.07, 6.45) is 1.62. The van der Waals surface area contributed by atoms with Crippen molar-refractivity contribution in [2.24, 2.45) is 0 Å². The number of nitrogens with zero attached hydrogens (tertiary/aromatic N) is 1. The van der Waals surface area contributed by atoms with Gasteiger partial charge in [0.1, 0.15) is 12.4 Å². The van der Waals surface area contributed by atoms with E-state index in [0.717, 1.165) is 0 Å². The van der Waals surface area contributed by atoms with Crippen molar-refractivity contribution in [2.75, 3.05) is 25.0 Å². The molecule has 1 heterocycles. The summed E-state index contributed by atoms with van der Waals surface area (Å²) in [4.78, 5) is 26.3. The number of aromatic nitrogens is 1. The van der Waals surface area contributed by atoms with Gasteiger partial charge >= 0.3 is 5.97 Å². The van der Waals surface area contributed by atoms with Crippen LogP contribution in [0.4, 0.5) is 5.82 Å². The van der Waals surface area contributed by atoms with Gasteiger partial charge < -0.3 is 15.4 Å². The molecule has 17 heavy (non-hydrogen) atoms. The van der Waals surface area contributed by atoms with Crippen LogP contribution in [-0.2, 0) is 14.3 Å². The molecule has 0 spiro atoms. The lowest BCUT2D eigenvalue weighted by atomic mass is 10.4. The first-order valence-corrected chi connectivity index (χ1v) is 5.29. The normalized spacial score (nSPS) is 9.47. The Morgan fingerprint density at radius 3 is 2.82 bits per heavy atom. The molecule has 0 aromatic carbocycles. The van der Waals surface area contributed by atoms with E-state index in [9.17, 15) is 9.59 Å². The second kappa shape index (κ2) is 7.21. The van der Waals surface area contributed by atoms with Crippen molar-refractivity contribution in [3.05, 3.63) is 24.4 Å². The van der Waals surface area contributed by atoms with E-state index in [4.69, 9.17) is 0 Å². The minimum Gasteiger partial charge on any atom is -0.465 e. The number of amides is 1. The van der Waals surface area contributed by atoms with Crippen molar-refractivity contribution in [2.45, 2.75) is 6.92 Å². The van der Waals surface area contributed by atoms with Gasteiger partial charge in [-0.1, -0.05) is 6.07 Å². The van der Waals surface area contributed by atoms with Crippen LogP contribution < -0.4 is 10.6 Å². The number of nitrogens with one attached hydrogen (secondary N) is 2. The summed E-state index contributed by atoms with van der Waals surface area (Å²) in [5, 5.41) is 5.26. The first-order valence-electron chi connectivity index (χ1n) is 5.29. The first-order chi connectivity index (χ1) is 8.22. The van der Waals surface area contributed by atoms with Gasteiger partial charge in [0.05, 0.1) is 13.2 Å². The van der Waals surface area contributed by atoms with Gasteiger partial charge in [0.25, 0.3) is 0 Å². The van der Waals surface area contributed by atoms with Crippen LogP contribution in [0.5, 0.6) is 0 Å². The van der Waals surface area contributed by atoms with Crippen LogP contribution in [-0.4, -0.2) is 36.6 Å². The summed E-state index contributed by atoms with van der Waals surface area (Å²) >= 11 is 0. The molecule has 0 bridgehead atoms. The number of ether oxygens (including phenoxy) is 1. The van der Waals surface area contributed by atoms with Gasteiger partial charge in [-0.2, -0.15) is 0 Å². The first kappa shape index (κ1) is 13.0. The van der Waals surface area contributed by atoms with Crippen molar-refractivity contribution >= 4 is 17.7 Å². The molecule has 1 aromatic rings. The maximum absolute atomic E-state index is 11.3. The summed E-state index contributed by atoms with van der Waals surface area (Å²) in [5.41, 5.74) is 0. The minimum absolute atomic E-state index is 0.0659. The summed E-state index contributed by atoms with van der Waals surface area (Å²) in [7, 11) is 0. The number of carbonyl (C=O) groups excluding carboxylic acids is 2. The third kappa shape index (κ3) is 5.50. The van der Waals surface area contributed by atoms with Crippen LogP contribution in [0.3, 0.4) is 0 Å². The molecule has 1 amide bonds. The number of rotatable bonds is 6. The average Bonchev–Trinajstić information content (AvgIpc) is 2.35. The predicted molar refractivity (Wildman–Crippen MR) is 62.4 cm³/mol. The summed E-state index contributed by atoms with van der Waals surface area (Å²) in [6.45, 7) is 1.97. The lowest BCUT2D eigenvalue weighted by Crippen LogP contribution is -2.34. The highest BCUT2D eigenvalue weighted by molar-refractivity contribution is 5.84. The van der Waals surface area contributed by atoms with Gasteiger partial charge in [-0.05, 0) is 19.1 Å². The molecule has 1 rings (SSSR count). The fourth-order valence-corrected chi connectivity index (χ4v) is 1.08. The molecule has 6 heteroatoms. The van der Waals surface area contributed by atoms with Crippen LogP contribution >= 0.6 is 0 Å². The fraction of sp³-hybridized carbons (Fsp3) is 0.364. The number of hydrogen-bond donors (Lipinski definition) is 2. The molecule has 0 saturated heterocycles. The second-order valence-corrected chi connectivity index (χ2v) is 3.15. The molecule has 0 aliphatic heterocycles. The zero-order valence-electron chi connectivity index (χ0n) is 9.60. The number of pyridine rings is 1. The summed E-state index contributed by atoms with van der Waals surface area (Å²) < 4.78 is 4.67. The molecule has 0 saturated carbocycles. The van der Waals surface area contributed by atoms with Gasteiger partial charge in [-0.3, -0.25) is 9.59 Å².